The van der Waals surface area contributed by atoms with E-state index in [1.54, 1.807) is 21.5 Å². The van der Waals surface area contributed by atoms with Crippen LogP contribution in [0.25, 0.3) is 16.9 Å². The smallest absolute Gasteiger partial charge is 0.358 e. The van der Waals surface area contributed by atoms with Crippen LogP contribution in [0.15, 0.2) is 18.6 Å². The van der Waals surface area contributed by atoms with Gasteiger partial charge in [-0.2, -0.15) is 5.10 Å². The van der Waals surface area contributed by atoms with Crippen LogP contribution in [0.4, 0.5) is 0 Å². The number of fused-ring (bicyclic) bond motifs is 1. The first kappa shape index (κ1) is 12.3. The van der Waals surface area contributed by atoms with Crippen LogP contribution in [0.2, 0.25) is 0 Å². The summed E-state index contributed by atoms with van der Waals surface area (Å²) in [6, 6.07) is 0. The minimum absolute atomic E-state index is 0.0575. The Morgan fingerprint density at radius 3 is 2.70 bits per heavy atom. The number of carboxylic acid groups (broad SMARTS) is 1. The SMILES string of the molecule is Cc1nn(C)c(C)c1-c1cn2ccnc(C(=O)O)c2n1. The van der Waals surface area contributed by atoms with E-state index in [0.29, 0.717) is 11.3 Å². The van der Waals surface area contributed by atoms with E-state index in [9.17, 15) is 4.79 Å². The Kier molecular flexibility index (Phi) is 2.56. The number of aromatic nitrogens is 5. The van der Waals surface area contributed by atoms with E-state index < -0.39 is 5.97 Å². The van der Waals surface area contributed by atoms with Gasteiger partial charge in [-0.15, -0.1) is 0 Å². The van der Waals surface area contributed by atoms with Gasteiger partial charge in [-0.25, -0.2) is 14.8 Å². The van der Waals surface area contributed by atoms with E-state index in [0.717, 1.165) is 17.0 Å². The van der Waals surface area contributed by atoms with Gasteiger partial charge in [0, 0.05) is 36.9 Å². The molecule has 3 aromatic rings. The molecule has 0 fully saturated rings. The quantitative estimate of drug-likeness (QED) is 0.762. The van der Waals surface area contributed by atoms with Crippen molar-refractivity contribution in [2.24, 2.45) is 7.05 Å². The third-order valence-corrected chi connectivity index (χ3v) is 3.34. The van der Waals surface area contributed by atoms with Crippen LogP contribution in [0.1, 0.15) is 21.9 Å². The molecule has 3 aromatic heterocycles. The van der Waals surface area contributed by atoms with Gasteiger partial charge in [0.2, 0.25) is 0 Å². The summed E-state index contributed by atoms with van der Waals surface area (Å²) in [5.74, 6) is -1.09. The summed E-state index contributed by atoms with van der Waals surface area (Å²) in [7, 11) is 1.87. The molecule has 0 bridgehead atoms. The van der Waals surface area contributed by atoms with Crippen LogP contribution >= 0.6 is 0 Å². The topological polar surface area (TPSA) is 85.3 Å². The lowest BCUT2D eigenvalue weighted by molar-refractivity contribution is 0.0692. The molecule has 7 nitrogen and oxygen atoms in total. The molecule has 0 unspecified atom stereocenters. The number of carboxylic acids is 1. The molecular formula is C13H13N5O2. The maximum atomic E-state index is 11.2. The van der Waals surface area contributed by atoms with Gasteiger partial charge in [0.1, 0.15) is 0 Å². The summed E-state index contributed by atoms with van der Waals surface area (Å²) in [5.41, 5.74) is 3.74. The van der Waals surface area contributed by atoms with Crippen molar-refractivity contribution in [2.45, 2.75) is 13.8 Å². The van der Waals surface area contributed by atoms with Crippen molar-refractivity contribution in [3.63, 3.8) is 0 Å². The van der Waals surface area contributed by atoms with Crippen LogP contribution in [0.3, 0.4) is 0 Å². The molecule has 1 N–H and O–H groups in total. The number of hydrogen-bond donors (Lipinski definition) is 1. The summed E-state index contributed by atoms with van der Waals surface area (Å²) in [5, 5.41) is 13.5. The van der Waals surface area contributed by atoms with E-state index in [1.807, 2.05) is 20.9 Å². The fourth-order valence-electron chi connectivity index (χ4n) is 2.34. The van der Waals surface area contributed by atoms with Crippen molar-refractivity contribution in [3.05, 3.63) is 35.7 Å². The highest BCUT2D eigenvalue weighted by Gasteiger charge is 2.18. The van der Waals surface area contributed by atoms with E-state index >= 15 is 0 Å². The van der Waals surface area contributed by atoms with Gasteiger partial charge in [-0.3, -0.25) is 4.68 Å². The lowest BCUT2D eigenvalue weighted by Crippen LogP contribution is -2.03. The summed E-state index contributed by atoms with van der Waals surface area (Å²) in [6.07, 6.45) is 4.92. The molecule has 0 atom stereocenters. The van der Waals surface area contributed by atoms with Crippen LogP contribution in [0.5, 0.6) is 0 Å². The molecule has 3 heterocycles. The fourth-order valence-corrected chi connectivity index (χ4v) is 2.34. The van der Waals surface area contributed by atoms with E-state index in [1.165, 1.54) is 6.20 Å². The molecule has 0 amide bonds. The second-order valence-electron chi connectivity index (χ2n) is 4.61. The second-order valence-corrected chi connectivity index (χ2v) is 4.61. The highest BCUT2D eigenvalue weighted by Crippen LogP contribution is 2.26. The van der Waals surface area contributed by atoms with Crippen molar-refractivity contribution < 1.29 is 9.90 Å². The number of nitrogens with zero attached hydrogens (tertiary/aromatic N) is 5. The standard InChI is InChI=1S/C13H13N5O2/c1-7-10(8(2)17(3)16-7)9-6-18-5-4-14-11(13(19)20)12(18)15-9/h4-6H,1-3H3,(H,19,20). The lowest BCUT2D eigenvalue weighted by atomic mass is 10.1. The van der Waals surface area contributed by atoms with Crippen molar-refractivity contribution in [1.82, 2.24) is 24.1 Å². The minimum atomic E-state index is -1.09. The van der Waals surface area contributed by atoms with Crippen LogP contribution in [-0.2, 0) is 7.05 Å². The average molecular weight is 271 g/mol. The zero-order valence-corrected chi connectivity index (χ0v) is 11.3. The largest absolute Gasteiger partial charge is 0.476 e. The molecule has 102 valence electrons. The van der Waals surface area contributed by atoms with Gasteiger partial charge >= 0.3 is 5.97 Å². The molecule has 0 aromatic carbocycles. The second kappa shape index (κ2) is 4.16. The highest BCUT2D eigenvalue weighted by atomic mass is 16.4. The highest BCUT2D eigenvalue weighted by molar-refractivity contribution is 5.92. The summed E-state index contributed by atoms with van der Waals surface area (Å²) < 4.78 is 3.45. The Hall–Kier alpha value is -2.70. The number of rotatable bonds is 2. The monoisotopic (exact) mass is 271 g/mol. The maximum Gasteiger partial charge on any atom is 0.358 e. The maximum absolute atomic E-state index is 11.2. The van der Waals surface area contributed by atoms with E-state index in [4.69, 9.17) is 5.11 Å². The summed E-state index contributed by atoms with van der Waals surface area (Å²) in [4.78, 5) is 19.4. The van der Waals surface area contributed by atoms with Gasteiger partial charge in [0.25, 0.3) is 0 Å². The molecule has 0 aliphatic rings. The third kappa shape index (κ3) is 1.67. The Labute approximate surface area is 114 Å². The van der Waals surface area contributed by atoms with E-state index in [2.05, 4.69) is 15.1 Å². The zero-order valence-electron chi connectivity index (χ0n) is 11.3. The van der Waals surface area contributed by atoms with Crippen molar-refractivity contribution in [3.8, 4) is 11.3 Å². The molecule has 3 rings (SSSR count). The summed E-state index contributed by atoms with van der Waals surface area (Å²) >= 11 is 0. The van der Waals surface area contributed by atoms with Crippen molar-refractivity contribution in [2.75, 3.05) is 0 Å². The Morgan fingerprint density at radius 2 is 2.10 bits per heavy atom. The first-order chi connectivity index (χ1) is 9.49. The molecule has 0 saturated carbocycles. The van der Waals surface area contributed by atoms with Crippen LogP contribution in [0, 0.1) is 13.8 Å². The number of aromatic carboxylic acids is 1. The molecule has 0 aliphatic heterocycles. The van der Waals surface area contributed by atoms with Crippen LogP contribution < -0.4 is 0 Å². The first-order valence-corrected chi connectivity index (χ1v) is 6.06. The van der Waals surface area contributed by atoms with Gasteiger partial charge in [-0.05, 0) is 13.8 Å². The van der Waals surface area contributed by atoms with Crippen molar-refractivity contribution in [1.29, 1.82) is 0 Å². The Bertz CT molecular complexity index is 831. The first-order valence-electron chi connectivity index (χ1n) is 6.06. The molecule has 7 heteroatoms. The normalized spacial score (nSPS) is 11.2. The molecule has 0 spiro atoms. The molecule has 0 aliphatic carbocycles. The molecular weight excluding hydrogens is 258 g/mol. The zero-order chi connectivity index (χ0) is 14.4. The third-order valence-electron chi connectivity index (χ3n) is 3.34. The Balaban J connectivity index is 2.29. The van der Waals surface area contributed by atoms with E-state index in [-0.39, 0.29) is 5.69 Å². The lowest BCUT2D eigenvalue weighted by Gasteiger charge is -1.96. The predicted molar refractivity (Wildman–Crippen MR) is 71.6 cm³/mol. The number of hydrogen-bond acceptors (Lipinski definition) is 4. The molecule has 0 radical (unpaired) electrons. The van der Waals surface area contributed by atoms with Gasteiger partial charge in [0.05, 0.1) is 11.4 Å². The number of aryl methyl sites for hydroxylation is 2. The van der Waals surface area contributed by atoms with Crippen LogP contribution in [-0.4, -0.2) is 35.2 Å². The predicted octanol–water partition coefficient (Wildman–Crippen LogP) is 1.44. The molecule has 0 saturated heterocycles. The average Bonchev–Trinajstić information content (AvgIpc) is 2.90. The molecule has 20 heavy (non-hydrogen) atoms. The Morgan fingerprint density at radius 1 is 1.35 bits per heavy atom. The number of carbonyl (C=O) groups is 1. The van der Waals surface area contributed by atoms with Gasteiger partial charge in [-0.1, -0.05) is 0 Å². The fraction of sp³-hybridized carbons (Fsp3) is 0.231. The van der Waals surface area contributed by atoms with Crippen molar-refractivity contribution >= 4 is 11.6 Å². The number of imidazole rings is 1. The summed E-state index contributed by atoms with van der Waals surface area (Å²) in [6.45, 7) is 3.86. The van der Waals surface area contributed by atoms with Gasteiger partial charge in [0.15, 0.2) is 11.3 Å². The van der Waals surface area contributed by atoms with Gasteiger partial charge < -0.3 is 9.51 Å². The minimum Gasteiger partial charge on any atom is -0.476 e.